The van der Waals surface area contributed by atoms with E-state index >= 15 is 0 Å². The van der Waals surface area contributed by atoms with E-state index in [0.29, 0.717) is 18.6 Å². The Morgan fingerprint density at radius 3 is 2.57 bits per heavy atom. The molecule has 5 nitrogen and oxygen atoms in total. The van der Waals surface area contributed by atoms with Crippen molar-refractivity contribution >= 4 is 17.4 Å². The Balaban J connectivity index is 1.42. The highest BCUT2D eigenvalue weighted by Crippen LogP contribution is 2.26. The van der Waals surface area contributed by atoms with Gasteiger partial charge in [-0.25, -0.2) is 4.98 Å². The minimum atomic E-state index is 0.135. The molecule has 2 fully saturated rings. The van der Waals surface area contributed by atoms with E-state index in [4.69, 9.17) is 22.1 Å². The molecule has 150 valence electrons. The molecule has 0 radical (unpaired) electrons. The molecule has 0 bridgehead atoms. The molecule has 2 atom stereocenters. The van der Waals surface area contributed by atoms with Gasteiger partial charge in [-0.15, -0.1) is 0 Å². The molecule has 0 aliphatic carbocycles. The number of benzene rings is 1. The summed E-state index contributed by atoms with van der Waals surface area (Å²) in [5.74, 6) is 1.08. The predicted octanol–water partition coefficient (Wildman–Crippen LogP) is 2.97. The monoisotopic (exact) mass is 400 g/mol. The Bertz CT molecular complexity index is 734. The van der Waals surface area contributed by atoms with Crippen molar-refractivity contribution in [1.82, 2.24) is 9.88 Å². The normalized spacial score (nSPS) is 24.4. The van der Waals surface area contributed by atoms with Crippen LogP contribution in [-0.4, -0.2) is 60.9 Å². The highest BCUT2D eigenvalue weighted by atomic mass is 35.5. The van der Waals surface area contributed by atoms with Crippen molar-refractivity contribution < 1.29 is 4.74 Å². The maximum absolute atomic E-state index is 6.05. The van der Waals surface area contributed by atoms with Gasteiger partial charge < -0.3 is 15.4 Å². The van der Waals surface area contributed by atoms with Crippen molar-refractivity contribution in [2.45, 2.75) is 37.5 Å². The smallest absolute Gasteiger partial charge is 0.128 e. The minimum absolute atomic E-state index is 0.135. The molecule has 1 aromatic heterocycles. The van der Waals surface area contributed by atoms with E-state index < -0.39 is 0 Å². The lowest BCUT2D eigenvalue weighted by atomic mass is 9.96. The predicted molar refractivity (Wildman–Crippen MR) is 114 cm³/mol. The Hall–Kier alpha value is -1.66. The van der Waals surface area contributed by atoms with Gasteiger partial charge in [0.25, 0.3) is 0 Å². The number of halogens is 1. The number of pyridine rings is 1. The Morgan fingerprint density at radius 1 is 1.11 bits per heavy atom. The fourth-order valence-corrected chi connectivity index (χ4v) is 4.53. The van der Waals surface area contributed by atoms with Crippen LogP contribution in [0.25, 0.3) is 0 Å². The van der Waals surface area contributed by atoms with Gasteiger partial charge in [0.2, 0.25) is 0 Å². The van der Waals surface area contributed by atoms with Gasteiger partial charge in [-0.2, -0.15) is 0 Å². The van der Waals surface area contributed by atoms with Crippen molar-refractivity contribution in [3.05, 3.63) is 59.2 Å². The number of rotatable bonds is 5. The second-order valence-corrected chi connectivity index (χ2v) is 8.21. The lowest BCUT2D eigenvalue weighted by Crippen LogP contribution is -2.58. The van der Waals surface area contributed by atoms with Gasteiger partial charge in [-0.1, -0.05) is 29.8 Å². The van der Waals surface area contributed by atoms with Gasteiger partial charge >= 0.3 is 0 Å². The molecule has 1 aromatic carbocycles. The van der Waals surface area contributed by atoms with E-state index in [1.165, 1.54) is 5.56 Å². The van der Waals surface area contributed by atoms with Crippen LogP contribution in [0.3, 0.4) is 0 Å². The van der Waals surface area contributed by atoms with Crippen molar-refractivity contribution in [3.63, 3.8) is 0 Å². The highest BCUT2D eigenvalue weighted by molar-refractivity contribution is 6.30. The van der Waals surface area contributed by atoms with Gasteiger partial charge in [-0.05, 0) is 49.1 Å². The van der Waals surface area contributed by atoms with Gasteiger partial charge in [-0.3, -0.25) is 4.90 Å². The maximum Gasteiger partial charge on any atom is 0.128 e. The average molecular weight is 401 g/mol. The second kappa shape index (κ2) is 9.23. The molecular formula is C22H29ClN4O. The molecule has 0 spiro atoms. The van der Waals surface area contributed by atoms with Crippen LogP contribution in [0.2, 0.25) is 5.02 Å². The SMILES string of the molecule is NCC1CN(C2CCN(c3ccccn3)CC2)[C@@H](Cc2ccc(Cl)cc2)CO1. The van der Waals surface area contributed by atoms with Crippen LogP contribution in [0.15, 0.2) is 48.7 Å². The number of ether oxygens (including phenoxy) is 1. The van der Waals surface area contributed by atoms with E-state index in [-0.39, 0.29) is 6.10 Å². The van der Waals surface area contributed by atoms with Crippen LogP contribution in [0.4, 0.5) is 5.82 Å². The Morgan fingerprint density at radius 2 is 1.89 bits per heavy atom. The third-order valence-electron chi connectivity index (χ3n) is 5.96. The molecule has 0 amide bonds. The first-order valence-corrected chi connectivity index (χ1v) is 10.6. The summed E-state index contributed by atoms with van der Waals surface area (Å²) < 4.78 is 6.03. The summed E-state index contributed by atoms with van der Waals surface area (Å²) in [7, 11) is 0. The summed E-state index contributed by atoms with van der Waals surface area (Å²) in [6.07, 6.45) is 5.28. The first-order chi connectivity index (χ1) is 13.7. The highest BCUT2D eigenvalue weighted by Gasteiger charge is 2.35. The lowest BCUT2D eigenvalue weighted by molar-refractivity contribution is -0.0779. The number of morpholine rings is 1. The van der Waals surface area contributed by atoms with E-state index in [0.717, 1.165) is 56.3 Å². The molecule has 4 rings (SSSR count). The van der Waals surface area contributed by atoms with E-state index in [1.54, 1.807) is 0 Å². The van der Waals surface area contributed by atoms with E-state index in [1.807, 2.05) is 24.4 Å². The summed E-state index contributed by atoms with van der Waals surface area (Å²) in [5, 5.41) is 0.783. The number of anilines is 1. The van der Waals surface area contributed by atoms with Crippen LogP contribution in [-0.2, 0) is 11.2 Å². The van der Waals surface area contributed by atoms with Crippen LogP contribution >= 0.6 is 11.6 Å². The van der Waals surface area contributed by atoms with Crippen LogP contribution < -0.4 is 10.6 Å². The molecule has 2 N–H and O–H groups in total. The third kappa shape index (κ3) is 4.66. The first kappa shape index (κ1) is 19.6. The minimum Gasteiger partial charge on any atom is -0.374 e. The fraction of sp³-hybridized carbons (Fsp3) is 0.500. The van der Waals surface area contributed by atoms with Crippen molar-refractivity contribution in [3.8, 4) is 0 Å². The molecule has 2 aliphatic heterocycles. The molecule has 28 heavy (non-hydrogen) atoms. The number of piperidine rings is 1. The topological polar surface area (TPSA) is 54.6 Å². The van der Waals surface area contributed by atoms with Gasteiger partial charge in [0, 0.05) is 49.5 Å². The third-order valence-corrected chi connectivity index (χ3v) is 6.21. The van der Waals surface area contributed by atoms with Gasteiger partial charge in [0.1, 0.15) is 5.82 Å². The van der Waals surface area contributed by atoms with Crippen molar-refractivity contribution in [1.29, 1.82) is 0 Å². The number of hydrogen-bond donors (Lipinski definition) is 1. The molecular weight excluding hydrogens is 372 g/mol. The molecule has 2 aliphatic rings. The molecule has 0 saturated carbocycles. The summed E-state index contributed by atoms with van der Waals surface area (Å²) >= 11 is 6.05. The number of nitrogens with zero attached hydrogens (tertiary/aromatic N) is 3. The summed E-state index contributed by atoms with van der Waals surface area (Å²) in [6.45, 7) is 4.32. The van der Waals surface area contributed by atoms with Crippen LogP contribution in [0.5, 0.6) is 0 Å². The number of hydrogen-bond acceptors (Lipinski definition) is 5. The molecule has 2 saturated heterocycles. The maximum atomic E-state index is 6.05. The lowest BCUT2D eigenvalue weighted by Gasteiger charge is -2.46. The van der Waals surface area contributed by atoms with E-state index in [2.05, 4.69) is 39.0 Å². The Kier molecular flexibility index (Phi) is 6.47. The average Bonchev–Trinajstić information content (AvgIpc) is 2.76. The zero-order valence-electron chi connectivity index (χ0n) is 16.2. The van der Waals surface area contributed by atoms with Crippen LogP contribution in [0.1, 0.15) is 18.4 Å². The molecule has 6 heteroatoms. The quantitative estimate of drug-likeness (QED) is 0.836. The van der Waals surface area contributed by atoms with Crippen molar-refractivity contribution in [2.75, 3.05) is 37.7 Å². The van der Waals surface area contributed by atoms with E-state index in [9.17, 15) is 0 Å². The first-order valence-electron chi connectivity index (χ1n) is 10.2. The largest absolute Gasteiger partial charge is 0.374 e. The zero-order valence-corrected chi connectivity index (χ0v) is 17.0. The molecule has 3 heterocycles. The molecule has 2 aromatic rings. The van der Waals surface area contributed by atoms with Crippen molar-refractivity contribution in [2.24, 2.45) is 5.73 Å². The Labute approximate surface area is 172 Å². The standard InChI is InChI=1S/C22H29ClN4O/c23-18-6-4-17(5-7-18)13-20-16-28-21(14-24)15-27(20)19-8-11-26(12-9-19)22-3-1-2-10-25-22/h1-7,10,19-21H,8-9,11-16,24H2/t20-,21?/m0/s1. The summed E-state index contributed by atoms with van der Waals surface area (Å²) in [4.78, 5) is 9.56. The molecule has 1 unspecified atom stereocenters. The number of aromatic nitrogens is 1. The van der Waals surface area contributed by atoms with Crippen LogP contribution in [0, 0.1) is 0 Å². The van der Waals surface area contributed by atoms with Gasteiger partial charge in [0.15, 0.2) is 0 Å². The fourth-order valence-electron chi connectivity index (χ4n) is 4.41. The summed E-state index contributed by atoms with van der Waals surface area (Å²) in [5.41, 5.74) is 7.23. The van der Waals surface area contributed by atoms with Gasteiger partial charge in [0.05, 0.1) is 12.7 Å². The number of nitrogens with two attached hydrogens (primary N) is 1. The summed E-state index contributed by atoms with van der Waals surface area (Å²) in [6, 6.07) is 15.3. The zero-order chi connectivity index (χ0) is 19.3. The second-order valence-electron chi connectivity index (χ2n) is 7.78.